The topological polar surface area (TPSA) is 64.1 Å². The fraction of sp³-hybridized carbons (Fsp3) is 0.611. The van der Waals surface area contributed by atoms with Crippen molar-refractivity contribution in [3.63, 3.8) is 0 Å². The summed E-state index contributed by atoms with van der Waals surface area (Å²) in [5.41, 5.74) is 1.15. The first-order valence-electron chi connectivity index (χ1n) is 8.52. The largest absolute Gasteiger partial charge is 0.497 e. The highest BCUT2D eigenvalue weighted by atomic mass is 127. The molecular weight excluding hydrogens is 433 g/mol. The molecule has 0 radical (unpaired) electrons. The molecule has 0 aromatic heterocycles. The summed E-state index contributed by atoms with van der Waals surface area (Å²) < 4.78 is 15.5. The van der Waals surface area contributed by atoms with Crippen molar-refractivity contribution in [2.45, 2.75) is 26.3 Å². The van der Waals surface area contributed by atoms with Crippen LogP contribution in [0, 0.1) is 0 Å². The number of nitrogens with one attached hydrogen (secondary N) is 2. The molecule has 0 spiro atoms. The number of hydrogen-bond acceptors (Lipinski definition) is 4. The van der Waals surface area contributed by atoms with Crippen molar-refractivity contribution in [3.8, 4) is 5.75 Å². The molecule has 0 aliphatic carbocycles. The molecular formula is C18H32IN3O3. The Kier molecular flexibility index (Phi) is 15.7. The van der Waals surface area contributed by atoms with Crippen LogP contribution in [0.15, 0.2) is 29.3 Å². The van der Waals surface area contributed by atoms with Gasteiger partial charge < -0.3 is 24.8 Å². The smallest absolute Gasteiger partial charge is 0.191 e. The van der Waals surface area contributed by atoms with Crippen LogP contribution >= 0.6 is 24.0 Å². The second-order valence-corrected chi connectivity index (χ2v) is 5.28. The number of hydrogen-bond donors (Lipinski definition) is 2. The summed E-state index contributed by atoms with van der Waals surface area (Å²) in [6.45, 7) is 6.51. The summed E-state index contributed by atoms with van der Waals surface area (Å²) in [7, 11) is 3.35. The van der Waals surface area contributed by atoms with E-state index in [2.05, 4.69) is 22.5 Å². The van der Waals surface area contributed by atoms with Gasteiger partial charge >= 0.3 is 0 Å². The van der Waals surface area contributed by atoms with Crippen LogP contribution in [0.2, 0.25) is 0 Å². The van der Waals surface area contributed by atoms with E-state index in [-0.39, 0.29) is 24.0 Å². The number of unbranched alkanes of at least 4 members (excludes halogenated alkanes) is 1. The molecule has 2 N–H and O–H groups in total. The third kappa shape index (κ3) is 12.0. The van der Waals surface area contributed by atoms with E-state index in [1.807, 2.05) is 24.3 Å². The monoisotopic (exact) mass is 465 g/mol. The molecule has 0 saturated heterocycles. The molecule has 0 amide bonds. The Bertz CT molecular complexity index is 455. The van der Waals surface area contributed by atoms with E-state index in [4.69, 9.17) is 14.2 Å². The minimum absolute atomic E-state index is 0. The van der Waals surface area contributed by atoms with Gasteiger partial charge in [-0.05, 0) is 37.5 Å². The summed E-state index contributed by atoms with van der Waals surface area (Å²) in [6, 6.07) is 7.97. The first kappa shape index (κ1) is 23.9. The maximum absolute atomic E-state index is 5.44. The van der Waals surface area contributed by atoms with E-state index in [0.717, 1.165) is 49.8 Å². The maximum Gasteiger partial charge on any atom is 0.191 e. The quantitative estimate of drug-likeness (QED) is 0.215. The van der Waals surface area contributed by atoms with E-state index < -0.39 is 0 Å². The molecule has 1 aromatic carbocycles. The zero-order chi connectivity index (χ0) is 17.5. The van der Waals surface area contributed by atoms with Gasteiger partial charge in [0.25, 0.3) is 0 Å². The fourth-order valence-electron chi connectivity index (χ4n) is 2.02. The number of aliphatic imine (C=N–C) groups is 1. The summed E-state index contributed by atoms with van der Waals surface area (Å²) in [5, 5.41) is 6.61. The van der Waals surface area contributed by atoms with Crippen molar-refractivity contribution >= 4 is 29.9 Å². The van der Waals surface area contributed by atoms with Crippen molar-refractivity contribution in [2.24, 2.45) is 4.99 Å². The highest BCUT2D eigenvalue weighted by molar-refractivity contribution is 14.0. The molecule has 0 atom stereocenters. The van der Waals surface area contributed by atoms with Gasteiger partial charge in [-0.25, -0.2) is 4.99 Å². The molecule has 144 valence electrons. The predicted molar refractivity (Wildman–Crippen MR) is 113 cm³/mol. The fourth-order valence-corrected chi connectivity index (χ4v) is 2.02. The molecule has 0 unspecified atom stereocenters. The van der Waals surface area contributed by atoms with Crippen LogP contribution in [0.3, 0.4) is 0 Å². The molecule has 7 heteroatoms. The lowest BCUT2D eigenvalue weighted by molar-refractivity contribution is 0.0689. The van der Waals surface area contributed by atoms with Gasteiger partial charge in [-0.1, -0.05) is 12.1 Å². The Hall–Kier alpha value is -1.06. The van der Waals surface area contributed by atoms with Gasteiger partial charge in [0, 0.05) is 26.8 Å². The predicted octanol–water partition coefficient (Wildman–Crippen LogP) is 2.81. The summed E-state index contributed by atoms with van der Waals surface area (Å²) in [6.07, 6.45) is 2.06. The molecule has 0 fully saturated rings. The number of ether oxygens (including phenoxy) is 3. The third-order valence-corrected chi connectivity index (χ3v) is 3.36. The molecule has 1 rings (SSSR count). The number of benzene rings is 1. The van der Waals surface area contributed by atoms with Gasteiger partial charge in [0.1, 0.15) is 5.75 Å². The van der Waals surface area contributed by atoms with Crippen molar-refractivity contribution < 1.29 is 14.2 Å². The highest BCUT2D eigenvalue weighted by Crippen LogP contribution is 2.11. The Labute approximate surface area is 168 Å². The Morgan fingerprint density at radius 2 is 1.76 bits per heavy atom. The molecule has 0 bridgehead atoms. The molecule has 1 aromatic rings. The zero-order valence-corrected chi connectivity index (χ0v) is 17.9. The molecule has 0 aliphatic rings. The number of methoxy groups -OCH3 is 2. The number of halogens is 1. The summed E-state index contributed by atoms with van der Waals surface area (Å²) in [4.78, 5) is 4.60. The molecule has 0 heterocycles. The van der Waals surface area contributed by atoms with Crippen LogP contribution in [-0.4, -0.2) is 53.1 Å². The summed E-state index contributed by atoms with van der Waals surface area (Å²) >= 11 is 0. The second kappa shape index (κ2) is 16.4. The van der Waals surface area contributed by atoms with E-state index in [1.165, 1.54) is 0 Å². The van der Waals surface area contributed by atoms with Crippen LogP contribution in [0.5, 0.6) is 5.75 Å². The number of rotatable bonds is 12. The minimum atomic E-state index is 0. The first-order chi connectivity index (χ1) is 11.8. The molecule has 0 saturated carbocycles. The Morgan fingerprint density at radius 1 is 1.00 bits per heavy atom. The van der Waals surface area contributed by atoms with E-state index >= 15 is 0 Å². The lowest BCUT2D eigenvalue weighted by Gasteiger charge is -2.11. The maximum atomic E-state index is 5.44. The van der Waals surface area contributed by atoms with Gasteiger partial charge in [0.2, 0.25) is 0 Å². The average Bonchev–Trinajstić information content (AvgIpc) is 2.62. The highest BCUT2D eigenvalue weighted by Gasteiger charge is 1.98. The minimum Gasteiger partial charge on any atom is -0.497 e. The van der Waals surface area contributed by atoms with Gasteiger partial charge in [-0.3, -0.25) is 0 Å². The van der Waals surface area contributed by atoms with Gasteiger partial charge in [-0.2, -0.15) is 0 Å². The average molecular weight is 465 g/mol. The summed E-state index contributed by atoms with van der Waals surface area (Å²) in [5.74, 6) is 1.70. The van der Waals surface area contributed by atoms with E-state index in [0.29, 0.717) is 19.8 Å². The Balaban J connectivity index is 0.00000576. The van der Waals surface area contributed by atoms with Crippen LogP contribution in [0.1, 0.15) is 25.3 Å². The van der Waals surface area contributed by atoms with E-state index in [9.17, 15) is 0 Å². The molecule has 25 heavy (non-hydrogen) atoms. The van der Waals surface area contributed by atoms with Crippen molar-refractivity contribution in [3.05, 3.63) is 29.8 Å². The van der Waals surface area contributed by atoms with Gasteiger partial charge in [-0.15, -0.1) is 24.0 Å². The second-order valence-electron chi connectivity index (χ2n) is 5.28. The molecule has 0 aliphatic heterocycles. The zero-order valence-electron chi connectivity index (χ0n) is 15.5. The van der Waals surface area contributed by atoms with E-state index in [1.54, 1.807) is 14.2 Å². The number of guanidine groups is 1. The van der Waals surface area contributed by atoms with Crippen LogP contribution in [0.4, 0.5) is 0 Å². The normalized spacial score (nSPS) is 10.9. The lowest BCUT2D eigenvalue weighted by Crippen LogP contribution is -2.37. The van der Waals surface area contributed by atoms with Crippen molar-refractivity contribution in [1.82, 2.24) is 10.6 Å². The third-order valence-electron chi connectivity index (χ3n) is 3.36. The van der Waals surface area contributed by atoms with Crippen LogP contribution in [-0.2, 0) is 16.0 Å². The number of nitrogens with zero attached hydrogens (tertiary/aromatic N) is 1. The SMILES string of the molecule is CCNC(=NCc1ccc(OC)cc1)NCCCCOCCOC.I. The standard InChI is InChI=1S/C18H31N3O3.HI/c1-4-19-18(20-11-5-6-12-24-14-13-22-2)21-15-16-7-9-17(23-3)10-8-16;/h7-10H,4-6,11-15H2,1-3H3,(H2,19,20,21);1H. The first-order valence-corrected chi connectivity index (χ1v) is 8.52. The molecule has 6 nitrogen and oxygen atoms in total. The lowest BCUT2D eigenvalue weighted by atomic mass is 10.2. The Morgan fingerprint density at radius 3 is 2.40 bits per heavy atom. The van der Waals surface area contributed by atoms with Crippen LogP contribution in [0.25, 0.3) is 0 Å². The van der Waals surface area contributed by atoms with Gasteiger partial charge in [0.05, 0.1) is 26.9 Å². The van der Waals surface area contributed by atoms with Crippen molar-refractivity contribution in [1.29, 1.82) is 0 Å². The van der Waals surface area contributed by atoms with Crippen LogP contribution < -0.4 is 15.4 Å². The van der Waals surface area contributed by atoms with Crippen molar-refractivity contribution in [2.75, 3.05) is 47.1 Å². The van der Waals surface area contributed by atoms with Gasteiger partial charge in [0.15, 0.2) is 5.96 Å².